The molecule has 2 heterocycles. The smallest absolute Gasteiger partial charge is 0.0852 e. The number of morpholine rings is 1. The number of nitrogens with zero attached hydrogens (tertiary/aromatic N) is 2. The number of ether oxygens (including phenoxy) is 1. The summed E-state index contributed by atoms with van der Waals surface area (Å²) in [5, 5.41) is 4.79. The number of benzene rings is 1. The molecular weight excluding hydrogens is 274 g/mol. The fraction of sp³-hybridized carbons (Fsp3) is 0.500. The summed E-state index contributed by atoms with van der Waals surface area (Å²) in [6, 6.07) is 11.0. The van der Waals surface area contributed by atoms with E-state index in [1.807, 2.05) is 6.92 Å². The van der Waals surface area contributed by atoms with E-state index in [0.717, 1.165) is 37.5 Å². The largest absolute Gasteiger partial charge is 0.374 e. The fourth-order valence-electron chi connectivity index (χ4n) is 2.91. The van der Waals surface area contributed by atoms with Gasteiger partial charge >= 0.3 is 0 Å². The molecular formula is C18H25N3O. The van der Waals surface area contributed by atoms with E-state index in [0.29, 0.717) is 6.04 Å². The first kappa shape index (κ1) is 15.4. The van der Waals surface area contributed by atoms with Gasteiger partial charge in [0, 0.05) is 36.8 Å². The second-order valence-corrected chi connectivity index (χ2v) is 6.32. The number of likely N-dealkylation sites (N-methyl/N-ethyl adjacent to an activating group) is 1. The summed E-state index contributed by atoms with van der Waals surface area (Å²) in [5.74, 6) is 0. The van der Waals surface area contributed by atoms with Gasteiger partial charge in [-0.1, -0.05) is 12.1 Å². The Balaban J connectivity index is 1.62. The molecule has 0 spiro atoms. The van der Waals surface area contributed by atoms with Crippen LogP contribution in [0.25, 0.3) is 10.9 Å². The van der Waals surface area contributed by atoms with Crippen LogP contribution in [0.1, 0.15) is 18.2 Å². The molecule has 118 valence electrons. The highest BCUT2D eigenvalue weighted by atomic mass is 16.5. The van der Waals surface area contributed by atoms with E-state index >= 15 is 0 Å². The maximum atomic E-state index is 5.87. The van der Waals surface area contributed by atoms with Crippen molar-refractivity contribution < 1.29 is 4.74 Å². The summed E-state index contributed by atoms with van der Waals surface area (Å²) in [5.41, 5.74) is 3.41. The lowest BCUT2D eigenvalue weighted by molar-refractivity contribution is -0.0356. The normalized spacial score (nSPS) is 21.1. The lowest BCUT2D eigenvalue weighted by Gasteiger charge is -2.34. The van der Waals surface area contributed by atoms with Gasteiger partial charge in [-0.2, -0.15) is 0 Å². The molecule has 0 bridgehead atoms. The molecule has 1 N–H and O–H groups in total. The molecule has 0 aliphatic carbocycles. The summed E-state index contributed by atoms with van der Waals surface area (Å²) in [6.45, 7) is 7.94. The van der Waals surface area contributed by atoms with E-state index < -0.39 is 0 Å². The second-order valence-electron chi connectivity index (χ2n) is 6.32. The van der Waals surface area contributed by atoms with Crippen LogP contribution in [-0.4, -0.2) is 48.8 Å². The zero-order valence-corrected chi connectivity index (χ0v) is 13.7. The molecule has 0 saturated carbocycles. The van der Waals surface area contributed by atoms with Crippen molar-refractivity contribution in [3.63, 3.8) is 0 Å². The number of aromatic nitrogens is 1. The highest BCUT2D eigenvalue weighted by Gasteiger charge is 2.23. The Labute approximate surface area is 132 Å². The minimum absolute atomic E-state index is 0.267. The first-order valence-electron chi connectivity index (χ1n) is 8.01. The van der Waals surface area contributed by atoms with Gasteiger partial charge in [0.05, 0.1) is 18.2 Å². The van der Waals surface area contributed by atoms with Gasteiger partial charge in [-0.15, -0.1) is 0 Å². The maximum Gasteiger partial charge on any atom is 0.0852 e. The van der Waals surface area contributed by atoms with Gasteiger partial charge in [0.15, 0.2) is 0 Å². The maximum absolute atomic E-state index is 5.87. The van der Waals surface area contributed by atoms with Crippen LogP contribution >= 0.6 is 0 Å². The van der Waals surface area contributed by atoms with Crippen molar-refractivity contribution in [2.45, 2.75) is 32.5 Å². The Morgan fingerprint density at radius 1 is 1.36 bits per heavy atom. The van der Waals surface area contributed by atoms with Crippen LogP contribution in [0.3, 0.4) is 0 Å². The number of rotatable bonds is 4. The topological polar surface area (TPSA) is 37.4 Å². The van der Waals surface area contributed by atoms with Crippen molar-refractivity contribution in [2.24, 2.45) is 0 Å². The molecule has 4 heteroatoms. The average molecular weight is 299 g/mol. The molecule has 0 unspecified atom stereocenters. The molecule has 1 aliphatic rings. The van der Waals surface area contributed by atoms with Crippen molar-refractivity contribution in [1.29, 1.82) is 0 Å². The van der Waals surface area contributed by atoms with Crippen molar-refractivity contribution in [3.05, 3.63) is 41.6 Å². The molecule has 1 aliphatic heterocycles. The number of hydrogen-bond donors (Lipinski definition) is 1. The monoisotopic (exact) mass is 299 g/mol. The summed E-state index contributed by atoms with van der Waals surface area (Å²) >= 11 is 0. The Bertz CT molecular complexity index is 643. The third-order valence-electron chi connectivity index (χ3n) is 4.38. The summed E-state index contributed by atoms with van der Waals surface area (Å²) in [7, 11) is 2.15. The van der Waals surface area contributed by atoms with Crippen molar-refractivity contribution in [3.8, 4) is 0 Å². The van der Waals surface area contributed by atoms with Crippen LogP contribution in [0.5, 0.6) is 0 Å². The van der Waals surface area contributed by atoms with Crippen LogP contribution in [0.4, 0.5) is 0 Å². The number of pyridine rings is 1. The van der Waals surface area contributed by atoms with E-state index in [4.69, 9.17) is 4.74 Å². The Morgan fingerprint density at radius 2 is 2.23 bits per heavy atom. The molecule has 2 aromatic rings. The molecule has 22 heavy (non-hydrogen) atoms. The van der Waals surface area contributed by atoms with Gasteiger partial charge in [-0.05, 0) is 44.7 Å². The van der Waals surface area contributed by atoms with Crippen LogP contribution in [0.15, 0.2) is 30.3 Å². The molecule has 0 amide bonds. The third kappa shape index (κ3) is 3.64. The number of hydrogen-bond acceptors (Lipinski definition) is 4. The first-order chi connectivity index (χ1) is 10.6. The predicted octanol–water partition coefficient (Wildman–Crippen LogP) is 2.35. The van der Waals surface area contributed by atoms with Gasteiger partial charge in [0.1, 0.15) is 0 Å². The Morgan fingerprint density at radius 3 is 3.05 bits per heavy atom. The standard InChI is InChI=1S/C18H25N3O/c1-13-4-6-16-10-15(5-7-17(16)20-13)11-19-14(2)18-12-21(3)8-9-22-18/h4-7,10,14,18-19H,8-9,11-12H2,1-3H3/t14-,18+/m0/s1. The molecule has 1 saturated heterocycles. The van der Waals surface area contributed by atoms with Crippen molar-refractivity contribution in [1.82, 2.24) is 15.2 Å². The van der Waals surface area contributed by atoms with Gasteiger partial charge in [-0.25, -0.2) is 0 Å². The highest BCUT2D eigenvalue weighted by molar-refractivity contribution is 5.79. The summed E-state index contributed by atoms with van der Waals surface area (Å²) < 4.78 is 5.87. The van der Waals surface area contributed by atoms with Gasteiger partial charge in [-0.3, -0.25) is 4.98 Å². The second kappa shape index (κ2) is 6.73. The zero-order valence-electron chi connectivity index (χ0n) is 13.7. The molecule has 0 radical (unpaired) electrons. The number of fused-ring (bicyclic) bond motifs is 1. The molecule has 1 fully saturated rings. The lowest BCUT2D eigenvalue weighted by atomic mass is 10.1. The summed E-state index contributed by atoms with van der Waals surface area (Å²) in [4.78, 5) is 6.88. The first-order valence-corrected chi connectivity index (χ1v) is 8.01. The van der Waals surface area contributed by atoms with Gasteiger partial charge < -0.3 is 15.0 Å². The highest BCUT2D eigenvalue weighted by Crippen LogP contribution is 2.15. The zero-order chi connectivity index (χ0) is 15.5. The third-order valence-corrected chi connectivity index (χ3v) is 4.38. The molecule has 3 rings (SSSR count). The SMILES string of the molecule is Cc1ccc2cc(CN[C@@H](C)[C@H]3CN(C)CCO3)ccc2n1. The molecule has 1 aromatic carbocycles. The average Bonchev–Trinajstić information content (AvgIpc) is 2.52. The van der Waals surface area contributed by atoms with Crippen LogP contribution in [0, 0.1) is 6.92 Å². The Hall–Kier alpha value is -1.49. The van der Waals surface area contributed by atoms with Crippen molar-refractivity contribution in [2.75, 3.05) is 26.7 Å². The minimum Gasteiger partial charge on any atom is -0.374 e. The quantitative estimate of drug-likeness (QED) is 0.940. The fourth-order valence-corrected chi connectivity index (χ4v) is 2.91. The Kier molecular flexibility index (Phi) is 4.71. The van der Waals surface area contributed by atoms with E-state index in [2.05, 4.69) is 59.5 Å². The van der Waals surface area contributed by atoms with Gasteiger partial charge in [0.2, 0.25) is 0 Å². The van der Waals surface area contributed by atoms with Crippen LogP contribution in [-0.2, 0) is 11.3 Å². The van der Waals surface area contributed by atoms with E-state index in [9.17, 15) is 0 Å². The number of nitrogens with one attached hydrogen (secondary N) is 1. The summed E-state index contributed by atoms with van der Waals surface area (Å²) in [6.07, 6.45) is 0.267. The molecule has 4 nitrogen and oxygen atoms in total. The lowest BCUT2D eigenvalue weighted by Crippen LogP contribution is -2.49. The van der Waals surface area contributed by atoms with E-state index in [1.165, 1.54) is 10.9 Å². The van der Waals surface area contributed by atoms with E-state index in [-0.39, 0.29) is 6.10 Å². The number of aryl methyl sites for hydroxylation is 1. The van der Waals surface area contributed by atoms with E-state index in [1.54, 1.807) is 0 Å². The predicted molar refractivity (Wildman–Crippen MR) is 90.0 cm³/mol. The molecule has 2 atom stereocenters. The van der Waals surface area contributed by atoms with Crippen LogP contribution in [0.2, 0.25) is 0 Å². The van der Waals surface area contributed by atoms with Gasteiger partial charge in [0.25, 0.3) is 0 Å². The molecule has 1 aromatic heterocycles. The van der Waals surface area contributed by atoms with Crippen molar-refractivity contribution >= 4 is 10.9 Å². The van der Waals surface area contributed by atoms with Crippen LogP contribution < -0.4 is 5.32 Å². The minimum atomic E-state index is 0.267.